The summed E-state index contributed by atoms with van der Waals surface area (Å²) >= 11 is 0. The number of piperidine rings is 1. The van der Waals surface area contributed by atoms with Crippen LogP contribution in [0.1, 0.15) is 26.2 Å². The van der Waals surface area contributed by atoms with E-state index in [2.05, 4.69) is 5.32 Å². The second kappa shape index (κ2) is 6.89. The van der Waals surface area contributed by atoms with Crippen molar-refractivity contribution in [2.24, 2.45) is 5.92 Å². The summed E-state index contributed by atoms with van der Waals surface area (Å²) in [5.74, 6) is 1.49. The summed E-state index contributed by atoms with van der Waals surface area (Å²) in [6, 6.07) is 5.43. The van der Waals surface area contributed by atoms with Gasteiger partial charge in [-0.25, -0.2) is 0 Å². The van der Waals surface area contributed by atoms with Crippen molar-refractivity contribution in [3.63, 3.8) is 0 Å². The van der Waals surface area contributed by atoms with E-state index in [0.717, 1.165) is 0 Å². The van der Waals surface area contributed by atoms with Crippen molar-refractivity contribution < 1.29 is 19.1 Å². The third kappa shape index (κ3) is 3.57. The predicted molar refractivity (Wildman–Crippen MR) is 85.7 cm³/mol. The Balaban J connectivity index is 1.56. The lowest BCUT2D eigenvalue weighted by molar-refractivity contribution is -0.134. The van der Waals surface area contributed by atoms with E-state index in [-0.39, 0.29) is 17.7 Å². The second-order valence-electron chi connectivity index (χ2n) is 5.86. The highest BCUT2D eigenvalue weighted by molar-refractivity contribution is 5.93. The van der Waals surface area contributed by atoms with Crippen LogP contribution >= 0.6 is 0 Å². The average molecular weight is 318 g/mol. The van der Waals surface area contributed by atoms with E-state index >= 15 is 0 Å². The molecule has 2 heterocycles. The quantitative estimate of drug-likeness (QED) is 0.926. The summed E-state index contributed by atoms with van der Waals surface area (Å²) in [5, 5.41) is 2.94. The van der Waals surface area contributed by atoms with E-state index in [9.17, 15) is 9.59 Å². The minimum atomic E-state index is -0.0518. The van der Waals surface area contributed by atoms with Gasteiger partial charge in [0.05, 0.1) is 0 Å². The first kappa shape index (κ1) is 15.6. The molecule has 1 aromatic rings. The SMILES string of the molecule is CCC(=O)N1CCC(C(=O)Nc2ccc3c(c2)OCCO3)CC1. The van der Waals surface area contributed by atoms with Crippen LogP contribution in [0.3, 0.4) is 0 Å². The molecule has 0 unspecified atom stereocenters. The molecule has 0 aliphatic carbocycles. The highest BCUT2D eigenvalue weighted by Gasteiger charge is 2.27. The molecule has 2 aliphatic heterocycles. The molecule has 2 amide bonds. The number of anilines is 1. The molecule has 3 rings (SSSR count). The molecule has 1 N–H and O–H groups in total. The van der Waals surface area contributed by atoms with Crippen LogP contribution in [0, 0.1) is 5.92 Å². The molecule has 2 aliphatic rings. The number of ether oxygens (including phenoxy) is 2. The van der Waals surface area contributed by atoms with Crippen molar-refractivity contribution in [3.8, 4) is 11.5 Å². The first-order valence-electron chi connectivity index (χ1n) is 8.15. The minimum Gasteiger partial charge on any atom is -0.486 e. The second-order valence-corrected chi connectivity index (χ2v) is 5.86. The van der Waals surface area contributed by atoms with Crippen molar-refractivity contribution >= 4 is 17.5 Å². The number of hydrogen-bond donors (Lipinski definition) is 1. The number of benzene rings is 1. The fourth-order valence-corrected chi connectivity index (χ4v) is 2.98. The standard InChI is InChI=1S/C17H22N2O4/c1-2-16(20)19-7-5-12(6-8-19)17(21)18-13-3-4-14-15(11-13)23-10-9-22-14/h3-4,11-12H,2,5-10H2,1H3,(H,18,21). The van der Waals surface area contributed by atoms with Gasteiger partial charge in [-0.05, 0) is 25.0 Å². The molecule has 0 saturated carbocycles. The number of nitrogens with one attached hydrogen (secondary N) is 1. The van der Waals surface area contributed by atoms with Crippen LogP contribution < -0.4 is 14.8 Å². The summed E-state index contributed by atoms with van der Waals surface area (Å²) in [7, 11) is 0. The third-order valence-electron chi connectivity index (χ3n) is 4.33. The third-order valence-corrected chi connectivity index (χ3v) is 4.33. The molecule has 0 radical (unpaired) electrons. The van der Waals surface area contributed by atoms with Crippen LogP contribution in [0.4, 0.5) is 5.69 Å². The minimum absolute atomic E-state index is 0.00488. The van der Waals surface area contributed by atoms with Gasteiger partial charge < -0.3 is 19.7 Å². The van der Waals surface area contributed by atoms with E-state index in [1.807, 2.05) is 24.0 Å². The van der Waals surface area contributed by atoms with E-state index in [4.69, 9.17) is 9.47 Å². The van der Waals surface area contributed by atoms with Crippen LogP contribution in [0.2, 0.25) is 0 Å². The summed E-state index contributed by atoms with van der Waals surface area (Å²) in [6.07, 6.45) is 1.94. The fourth-order valence-electron chi connectivity index (χ4n) is 2.98. The maximum absolute atomic E-state index is 12.4. The Bertz CT molecular complexity index is 594. The van der Waals surface area contributed by atoms with E-state index in [1.54, 1.807) is 6.07 Å². The number of amides is 2. The van der Waals surface area contributed by atoms with E-state index < -0.39 is 0 Å². The number of carbonyl (C=O) groups excluding carboxylic acids is 2. The molecule has 6 nitrogen and oxygen atoms in total. The molecule has 0 spiro atoms. The van der Waals surface area contributed by atoms with Gasteiger partial charge in [-0.2, -0.15) is 0 Å². The van der Waals surface area contributed by atoms with Gasteiger partial charge in [0.25, 0.3) is 0 Å². The molecular formula is C17H22N2O4. The van der Waals surface area contributed by atoms with E-state index in [1.165, 1.54) is 0 Å². The lowest BCUT2D eigenvalue weighted by Gasteiger charge is -2.31. The maximum Gasteiger partial charge on any atom is 0.227 e. The van der Waals surface area contributed by atoms with Gasteiger partial charge in [0.1, 0.15) is 13.2 Å². The van der Waals surface area contributed by atoms with Crippen molar-refractivity contribution in [1.82, 2.24) is 4.90 Å². The largest absolute Gasteiger partial charge is 0.486 e. The van der Waals surface area contributed by atoms with Gasteiger partial charge in [-0.15, -0.1) is 0 Å². The Labute approximate surface area is 135 Å². The number of nitrogens with zero attached hydrogens (tertiary/aromatic N) is 1. The lowest BCUT2D eigenvalue weighted by atomic mass is 9.95. The highest BCUT2D eigenvalue weighted by Crippen LogP contribution is 2.33. The smallest absolute Gasteiger partial charge is 0.227 e. The number of carbonyl (C=O) groups is 2. The number of rotatable bonds is 3. The first-order chi connectivity index (χ1) is 11.2. The molecule has 1 fully saturated rings. The zero-order valence-corrected chi connectivity index (χ0v) is 13.3. The summed E-state index contributed by atoms with van der Waals surface area (Å²) < 4.78 is 11.0. The van der Waals surface area contributed by atoms with Crippen molar-refractivity contribution in [2.45, 2.75) is 26.2 Å². The number of fused-ring (bicyclic) bond motifs is 1. The van der Waals surface area contributed by atoms with E-state index in [0.29, 0.717) is 62.8 Å². The summed E-state index contributed by atoms with van der Waals surface area (Å²) in [5.41, 5.74) is 0.714. The van der Waals surface area contributed by atoms with Gasteiger partial charge in [0.2, 0.25) is 11.8 Å². The molecule has 0 bridgehead atoms. The van der Waals surface area contributed by atoms with Gasteiger partial charge in [-0.1, -0.05) is 6.92 Å². The summed E-state index contributed by atoms with van der Waals surface area (Å²) in [6.45, 7) is 4.25. The van der Waals surface area contributed by atoms with Crippen LogP contribution in [0.25, 0.3) is 0 Å². The molecule has 124 valence electrons. The molecule has 1 saturated heterocycles. The lowest BCUT2D eigenvalue weighted by Crippen LogP contribution is -2.41. The monoisotopic (exact) mass is 318 g/mol. The Kier molecular flexibility index (Phi) is 4.69. The molecule has 1 aromatic carbocycles. The zero-order chi connectivity index (χ0) is 16.2. The summed E-state index contributed by atoms with van der Waals surface area (Å²) in [4.78, 5) is 25.9. The Hall–Kier alpha value is -2.24. The molecule has 6 heteroatoms. The fraction of sp³-hybridized carbons (Fsp3) is 0.529. The molecule has 0 aromatic heterocycles. The maximum atomic E-state index is 12.4. The van der Waals surface area contributed by atoms with Crippen molar-refractivity contribution in [3.05, 3.63) is 18.2 Å². The van der Waals surface area contributed by atoms with Crippen LogP contribution in [0.15, 0.2) is 18.2 Å². The highest BCUT2D eigenvalue weighted by atomic mass is 16.6. The molecular weight excluding hydrogens is 296 g/mol. The number of hydrogen-bond acceptors (Lipinski definition) is 4. The van der Waals surface area contributed by atoms with Crippen LogP contribution in [0.5, 0.6) is 11.5 Å². The zero-order valence-electron chi connectivity index (χ0n) is 13.3. The predicted octanol–water partition coefficient (Wildman–Crippen LogP) is 2.04. The van der Waals surface area contributed by atoms with Gasteiger partial charge in [-0.3, -0.25) is 9.59 Å². The van der Waals surface area contributed by atoms with Crippen molar-refractivity contribution in [1.29, 1.82) is 0 Å². The van der Waals surface area contributed by atoms with Gasteiger partial charge >= 0.3 is 0 Å². The topological polar surface area (TPSA) is 67.9 Å². The number of likely N-dealkylation sites (tertiary alicyclic amines) is 1. The Morgan fingerprint density at radius 1 is 1.17 bits per heavy atom. The van der Waals surface area contributed by atoms with Gasteiger partial charge in [0.15, 0.2) is 11.5 Å². The van der Waals surface area contributed by atoms with Crippen LogP contribution in [-0.2, 0) is 9.59 Å². The molecule has 23 heavy (non-hydrogen) atoms. The Morgan fingerprint density at radius 2 is 1.87 bits per heavy atom. The van der Waals surface area contributed by atoms with Crippen LogP contribution in [-0.4, -0.2) is 43.0 Å². The average Bonchev–Trinajstić information content (AvgIpc) is 2.61. The normalized spacial score (nSPS) is 17.7. The Morgan fingerprint density at radius 3 is 2.57 bits per heavy atom. The van der Waals surface area contributed by atoms with Crippen molar-refractivity contribution in [2.75, 3.05) is 31.6 Å². The van der Waals surface area contributed by atoms with Gasteiger partial charge in [0, 0.05) is 37.2 Å². The molecule has 0 atom stereocenters. The first-order valence-corrected chi connectivity index (χ1v) is 8.15.